The second-order valence-corrected chi connectivity index (χ2v) is 7.83. The number of hydrogen-bond acceptors (Lipinski definition) is 4. The normalized spacial score (nSPS) is 14.8. The molecule has 5 nitrogen and oxygen atoms in total. The van der Waals surface area contributed by atoms with Gasteiger partial charge < -0.3 is 14.6 Å². The molecule has 0 unspecified atom stereocenters. The average Bonchev–Trinajstić information content (AvgIpc) is 3.15. The van der Waals surface area contributed by atoms with Crippen LogP contribution in [-0.2, 0) is 4.74 Å². The van der Waals surface area contributed by atoms with Crippen LogP contribution < -0.4 is 5.32 Å². The molecule has 5 rings (SSSR count). The van der Waals surface area contributed by atoms with E-state index in [1.54, 1.807) is 0 Å². The topological polar surface area (TPSA) is 52.0 Å². The number of rotatable bonds is 4. The first-order valence-electron chi connectivity index (χ1n) is 10.3. The first-order valence-corrected chi connectivity index (χ1v) is 10.3. The van der Waals surface area contributed by atoms with E-state index >= 15 is 0 Å². The van der Waals surface area contributed by atoms with Gasteiger partial charge in [0.1, 0.15) is 23.8 Å². The molecule has 1 saturated heterocycles. The van der Waals surface area contributed by atoms with Crippen molar-refractivity contribution in [3.8, 4) is 16.8 Å². The van der Waals surface area contributed by atoms with Gasteiger partial charge in [0.25, 0.3) is 0 Å². The SMILES string of the molecule is Cc1cccc(-n2cc(-c3ccc(F)cc3F)c3c(NC4CCOCC4)ncnc32)c1. The summed E-state index contributed by atoms with van der Waals surface area (Å²) >= 11 is 0. The molecule has 0 atom stereocenters. The highest BCUT2D eigenvalue weighted by Crippen LogP contribution is 2.37. The fourth-order valence-corrected chi connectivity index (χ4v) is 4.09. The van der Waals surface area contributed by atoms with E-state index < -0.39 is 11.6 Å². The van der Waals surface area contributed by atoms with Gasteiger partial charge in [0, 0.05) is 48.3 Å². The third-order valence-corrected chi connectivity index (χ3v) is 5.65. The Morgan fingerprint density at radius 3 is 2.65 bits per heavy atom. The van der Waals surface area contributed by atoms with Crippen molar-refractivity contribution in [1.29, 1.82) is 0 Å². The summed E-state index contributed by atoms with van der Waals surface area (Å²) in [6, 6.07) is 11.8. The van der Waals surface area contributed by atoms with Gasteiger partial charge in [-0.3, -0.25) is 0 Å². The molecule has 1 aliphatic rings. The highest BCUT2D eigenvalue weighted by molar-refractivity contribution is 6.02. The zero-order valence-electron chi connectivity index (χ0n) is 17.1. The minimum Gasteiger partial charge on any atom is -0.381 e. The van der Waals surface area contributed by atoms with Gasteiger partial charge in [-0.1, -0.05) is 12.1 Å². The second kappa shape index (κ2) is 8.07. The summed E-state index contributed by atoms with van der Waals surface area (Å²) in [5.74, 6) is -0.591. The van der Waals surface area contributed by atoms with Crippen LogP contribution in [0, 0.1) is 18.6 Å². The number of benzene rings is 2. The molecule has 31 heavy (non-hydrogen) atoms. The van der Waals surface area contributed by atoms with E-state index in [1.165, 1.54) is 18.5 Å². The highest BCUT2D eigenvalue weighted by Gasteiger charge is 2.22. The maximum atomic E-state index is 14.8. The Kier molecular flexibility index (Phi) is 5.11. The maximum absolute atomic E-state index is 14.8. The van der Waals surface area contributed by atoms with E-state index in [2.05, 4.69) is 15.3 Å². The molecule has 3 heterocycles. The molecular formula is C24H22F2N4O. The molecular weight excluding hydrogens is 398 g/mol. The Hall–Kier alpha value is -3.32. The number of nitrogens with one attached hydrogen (secondary N) is 1. The Morgan fingerprint density at radius 2 is 1.87 bits per heavy atom. The van der Waals surface area contributed by atoms with Crippen LogP contribution in [0.25, 0.3) is 27.8 Å². The number of anilines is 1. The fraction of sp³-hybridized carbons (Fsp3) is 0.250. The monoisotopic (exact) mass is 420 g/mol. The lowest BCUT2D eigenvalue weighted by Crippen LogP contribution is -2.28. The van der Waals surface area contributed by atoms with Gasteiger partial charge >= 0.3 is 0 Å². The van der Waals surface area contributed by atoms with E-state index in [9.17, 15) is 8.78 Å². The van der Waals surface area contributed by atoms with Crippen LogP contribution in [0.3, 0.4) is 0 Å². The Morgan fingerprint density at radius 1 is 1.03 bits per heavy atom. The summed E-state index contributed by atoms with van der Waals surface area (Å²) in [5, 5.41) is 4.21. The second-order valence-electron chi connectivity index (χ2n) is 7.83. The smallest absolute Gasteiger partial charge is 0.150 e. The van der Waals surface area contributed by atoms with Crippen LogP contribution in [0.2, 0.25) is 0 Å². The molecule has 2 aromatic heterocycles. The van der Waals surface area contributed by atoms with E-state index in [0.29, 0.717) is 41.2 Å². The van der Waals surface area contributed by atoms with Gasteiger partial charge in [0.15, 0.2) is 5.65 Å². The molecule has 4 aromatic rings. The summed E-state index contributed by atoms with van der Waals surface area (Å²) in [6.45, 7) is 3.40. The highest BCUT2D eigenvalue weighted by atomic mass is 19.1. The van der Waals surface area contributed by atoms with Crippen molar-refractivity contribution in [2.75, 3.05) is 18.5 Å². The van der Waals surface area contributed by atoms with Gasteiger partial charge in [-0.2, -0.15) is 0 Å². The average molecular weight is 420 g/mol. The molecule has 2 aromatic carbocycles. The number of aromatic nitrogens is 3. The maximum Gasteiger partial charge on any atom is 0.150 e. The summed E-state index contributed by atoms with van der Waals surface area (Å²) in [4.78, 5) is 9.01. The van der Waals surface area contributed by atoms with Crippen molar-refractivity contribution in [3.05, 3.63) is 72.2 Å². The number of halogens is 2. The van der Waals surface area contributed by atoms with Crippen LogP contribution in [0.5, 0.6) is 0 Å². The molecule has 1 N–H and O–H groups in total. The van der Waals surface area contributed by atoms with E-state index in [0.717, 1.165) is 30.2 Å². The Balaban J connectivity index is 1.73. The van der Waals surface area contributed by atoms with Crippen molar-refractivity contribution in [2.45, 2.75) is 25.8 Å². The number of aryl methyl sites for hydroxylation is 1. The van der Waals surface area contributed by atoms with Gasteiger partial charge in [0.05, 0.1) is 5.39 Å². The molecule has 0 bridgehead atoms. The summed E-state index contributed by atoms with van der Waals surface area (Å²) in [6.07, 6.45) is 5.09. The van der Waals surface area contributed by atoms with Gasteiger partial charge in [-0.25, -0.2) is 18.7 Å². The minimum atomic E-state index is -0.621. The van der Waals surface area contributed by atoms with Crippen LogP contribution in [0.4, 0.5) is 14.6 Å². The molecule has 0 radical (unpaired) electrons. The lowest BCUT2D eigenvalue weighted by Gasteiger charge is -2.24. The van der Waals surface area contributed by atoms with Crippen LogP contribution in [0.1, 0.15) is 18.4 Å². The predicted molar refractivity (Wildman–Crippen MR) is 116 cm³/mol. The zero-order chi connectivity index (χ0) is 21.4. The van der Waals surface area contributed by atoms with Crippen molar-refractivity contribution in [2.24, 2.45) is 0 Å². The van der Waals surface area contributed by atoms with Gasteiger partial charge in [-0.05, 0) is 49.6 Å². The molecule has 0 spiro atoms. The third kappa shape index (κ3) is 3.77. The minimum absolute atomic E-state index is 0.208. The molecule has 1 fully saturated rings. The lowest BCUT2D eigenvalue weighted by atomic mass is 10.0. The standard InChI is InChI=1S/C24H22F2N4O/c1-15-3-2-4-18(11-15)30-13-20(19-6-5-16(25)12-21(19)26)22-23(27-14-28-24(22)30)29-17-7-9-31-10-8-17/h2-6,11-14,17H,7-10H2,1H3,(H,27,28,29). The molecule has 7 heteroatoms. The van der Waals surface area contributed by atoms with E-state index in [4.69, 9.17) is 4.74 Å². The molecule has 0 saturated carbocycles. The summed E-state index contributed by atoms with van der Waals surface area (Å²) in [7, 11) is 0. The first kappa shape index (κ1) is 19.6. The van der Waals surface area contributed by atoms with Crippen molar-refractivity contribution < 1.29 is 13.5 Å². The summed E-state index contributed by atoms with van der Waals surface area (Å²) in [5.41, 5.74) is 3.60. The van der Waals surface area contributed by atoms with Crippen LogP contribution >= 0.6 is 0 Å². The van der Waals surface area contributed by atoms with Crippen molar-refractivity contribution >= 4 is 16.9 Å². The fourth-order valence-electron chi connectivity index (χ4n) is 4.09. The van der Waals surface area contributed by atoms with Gasteiger partial charge in [-0.15, -0.1) is 0 Å². The molecule has 0 amide bonds. The van der Waals surface area contributed by atoms with Crippen molar-refractivity contribution in [1.82, 2.24) is 14.5 Å². The number of hydrogen-bond donors (Lipinski definition) is 1. The Labute approximate surface area is 178 Å². The van der Waals surface area contributed by atoms with Gasteiger partial charge in [0.2, 0.25) is 0 Å². The molecule has 0 aliphatic carbocycles. The quantitative estimate of drug-likeness (QED) is 0.489. The van der Waals surface area contributed by atoms with Crippen LogP contribution in [0.15, 0.2) is 55.0 Å². The molecule has 1 aliphatic heterocycles. The number of ether oxygens (including phenoxy) is 1. The first-order chi connectivity index (χ1) is 15.1. The number of fused-ring (bicyclic) bond motifs is 1. The number of nitrogens with zero attached hydrogens (tertiary/aromatic N) is 3. The third-order valence-electron chi connectivity index (χ3n) is 5.65. The summed E-state index contributed by atoms with van der Waals surface area (Å²) < 4.78 is 35.8. The van der Waals surface area contributed by atoms with E-state index in [1.807, 2.05) is 42.0 Å². The zero-order valence-corrected chi connectivity index (χ0v) is 17.1. The Bertz CT molecular complexity index is 1250. The van der Waals surface area contributed by atoms with Crippen LogP contribution in [-0.4, -0.2) is 33.8 Å². The predicted octanol–water partition coefficient (Wildman–Crippen LogP) is 5.27. The largest absolute Gasteiger partial charge is 0.381 e. The van der Waals surface area contributed by atoms with Crippen molar-refractivity contribution in [3.63, 3.8) is 0 Å². The molecule has 158 valence electrons. The lowest BCUT2D eigenvalue weighted by molar-refractivity contribution is 0.0904. The van der Waals surface area contributed by atoms with E-state index in [-0.39, 0.29) is 6.04 Å².